The second-order valence-electron chi connectivity index (χ2n) is 10.8. The quantitative estimate of drug-likeness (QED) is 0.198. The van der Waals surface area contributed by atoms with Gasteiger partial charge >= 0.3 is 0 Å². The molecule has 0 saturated heterocycles. The Labute approximate surface area is 259 Å². The Balaban J connectivity index is 1.85. The topological polar surface area (TPSA) is 58.1 Å². The Hall–Kier alpha value is -3.85. The Morgan fingerprint density at radius 1 is 0.905 bits per heavy atom. The monoisotopic (exact) mass is 598 g/mol. The van der Waals surface area contributed by atoms with Crippen molar-refractivity contribution in [2.75, 3.05) is 4.90 Å². The van der Waals surface area contributed by atoms with E-state index in [0.29, 0.717) is 46.8 Å². The highest BCUT2D eigenvalue weighted by Crippen LogP contribution is 2.33. The fraction of sp³-hybridized carbons (Fsp3) is 0.286. The van der Waals surface area contributed by atoms with E-state index in [1.165, 1.54) is 0 Å². The molecule has 7 heteroatoms. The molecule has 1 heterocycles. The van der Waals surface area contributed by atoms with Crippen LogP contribution in [0, 0.1) is 18.8 Å². The number of aryl methyl sites for hydroxylation is 1. The molecule has 0 fully saturated rings. The first-order valence-corrected chi connectivity index (χ1v) is 14.9. The third kappa shape index (κ3) is 7.50. The molecule has 4 aromatic rings. The number of carbonyl (C=O) groups is 1. The van der Waals surface area contributed by atoms with E-state index >= 15 is 0 Å². The number of halogens is 2. The van der Waals surface area contributed by atoms with Crippen molar-refractivity contribution in [1.82, 2.24) is 15.3 Å². The van der Waals surface area contributed by atoms with Gasteiger partial charge in [-0.05, 0) is 67.8 Å². The lowest BCUT2D eigenvalue weighted by atomic mass is 9.93. The molecular formula is C35H36Cl2N4O. The van der Waals surface area contributed by atoms with Gasteiger partial charge in [-0.2, -0.15) is 0 Å². The van der Waals surface area contributed by atoms with Crippen LogP contribution in [0.4, 0.5) is 5.82 Å². The second-order valence-corrected chi connectivity index (χ2v) is 11.7. The molecule has 0 aliphatic carbocycles. The van der Waals surface area contributed by atoms with Crippen LogP contribution < -0.4 is 10.2 Å². The van der Waals surface area contributed by atoms with Crippen LogP contribution in [0.2, 0.25) is 10.0 Å². The highest BCUT2D eigenvalue weighted by molar-refractivity contribution is 6.30. The summed E-state index contributed by atoms with van der Waals surface area (Å²) in [4.78, 5) is 26.1. The lowest BCUT2D eigenvalue weighted by Crippen LogP contribution is -2.57. The summed E-state index contributed by atoms with van der Waals surface area (Å²) in [6, 6.07) is 25.0. The summed E-state index contributed by atoms with van der Waals surface area (Å²) >= 11 is 12.3. The van der Waals surface area contributed by atoms with E-state index in [1.54, 1.807) is 0 Å². The van der Waals surface area contributed by atoms with Crippen molar-refractivity contribution in [3.63, 3.8) is 0 Å². The van der Waals surface area contributed by atoms with Gasteiger partial charge < -0.3 is 10.2 Å². The normalized spacial score (nSPS) is 12.3. The first-order valence-electron chi connectivity index (χ1n) is 14.1. The van der Waals surface area contributed by atoms with Crippen LogP contribution in [0.3, 0.4) is 0 Å². The highest BCUT2D eigenvalue weighted by atomic mass is 35.5. The zero-order chi connectivity index (χ0) is 30.3. The van der Waals surface area contributed by atoms with Crippen molar-refractivity contribution >= 4 is 34.9 Å². The molecule has 1 atom stereocenters. The molecule has 216 valence electrons. The smallest absolute Gasteiger partial charge is 0.245 e. The van der Waals surface area contributed by atoms with E-state index in [4.69, 9.17) is 33.2 Å². The van der Waals surface area contributed by atoms with Gasteiger partial charge in [0, 0.05) is 34.6 Å². The molecule has 5 nitrogen and oxygen atoms in total. The summed E-state index contributed by atoms with van der Waals surface area (Å²) in [5, 5.41) is 4.47. The van der Waals surface area contributed by atoms with Crippen LogP contribution in [0.5, 0.6) is 0 Å². The molecule has 1 N–H and O–H groups in total. The van der Waals surface area contributed by atoms with Crippen LogP contribution in [-0.2, 0) is 17.9 Å². The number of nitrogens with zero attached hydrogens (tertiary/aromatic N) is 3. The number of anilines is 1. The van der Waals surface area contributed by atoms with Crippen molar-refractivity contribution in [2.24, 2.45) is 0 Å². The zero-order valence-corrected chi connectivity index (χ0v) is 26.2. The van der Waals surface area contributed by atoms with Crippen molar-refractivity contribution in [1.29, 1.82) is 0 Å². The zero-order valence-electron chi connectivity index (χ0n) is 24.7. The van der Waals surface area contributed by atoms with Crippen LogP contribution in [0.15, 0.2) is 78.9 Å². The molecule has 0 radical (unpaired) electrons. The largest absolute Gasteiger partial charge is 0.350 e. The third-order valence-electron chi connectivity index (χ3n) is 7.36. The van der Waals surface area contributed by atoms with Gasteiger partial charge in [-0.15, -0.1) is 0 Å². The Morgan fingerprint density at radius 2 is 1.50 bits per heavy atom. The van der Waals surface area contributed by atoms with Gasteiger partial charge in [0.25, 0.3) is 0 Å². The van der Waals surface area contributed by atoms with Gasteiger partial charge in [0.15, 0.2) is 0 Å². The molecular weight excluding hydrogens is 563 g/mol. The average molecular weight is 600 g/mol. The van der Waals surface area contributed by atoms with E-state index < -0.39 is 5.54 Å². The minimum atomic E-state index is -0.968. The number of amides is 1. The van der Waals surface area contributed by atoms with Crippen LogP contribution in [0.1, 0.15) is 73.8 Å². The maximum absolute atomic E-state index is 14.1. The Morgan fingerprint density at radius 3 is 2.07 bits per heavy atom. The summed E-state index contributed by atoms with van der Waals surface area (Å²) < 4.78 is 0. The molecule has 4 rings (SSSR count). The van der Waals surface area contributed by atoms with Crippen molar-refractivity contribution in [3.05, 3.63) is 123 Å². The molecule has 1 unspecified atom stereocenters. The molecule has 0 aliphatic heterocycles. The SMILES string of the molecule is CCC(C)(C(=O)NCc1ccc(Cl)cc1)N(Cc1ccc(Cl)cc1)c1nc(C(C)C)nc(C)c1C#Cc1ccccc1. The maximum Gasteiger partial charge on any atom is 0.245 e. The van der Waals surface area contributed by atoms with E-state index in [2.05, 4.69) is 35.9 Å². The summed E-state index contributed by atoms with van der Waals surface area (Å²) in [6.07, 6.45) is 0.526. The number of hydrogen-bond acceptors (Lipinski definition) is 4. The first-order chi connectivity index (χ1) is 20.1. The predicted octanol–water partition coefficient (Wildman–Crippen LogP) is 8.11. The molecule has 3 aromatic carbocycles. The van der Waals surface area contributed by atoms with E-state index in [1.807, 2.05) is 99.6 Å². The van der Waals surface area contributed by atoms with Gasteiger partial charge in [0.1, 0.15) is 17.2 Å². The molecule has 0 saturated carbocycles. The lowest BCUT2D eigenvalue weighted by molar-refractivity contribution is -0.126. The lowest BCUT2D eigenvalue weighted by Gasteiger charge is -2.41. The minimum Gasteiger partial charge on any atom is -0.350 e. The van der Waals surface area contributed by atoms with Crippen LogP contribution in [0.25, 0.3) is 0 Å². The minimum absolute atomic E-state index is 0.0857. The standard InChI is InChI=1S/C35H36Cl2N4O/c1-6-35(5,34(42)38-22-27-12-17-29(36)18-13-27)41(23-28-14-19-30(37)20-15-28)33-31(21-16-26-10-8-7-9-11-26)25(4)39-32(40-33)24(2)3/h7-15,17-20,24H,6,22-23H2,1-5H3,(H,38,42). The third-order valence-corrected chi connectivity index (χ3v) is 7.86. The summed E-state index contributed by atoms with van der Waals surface area (Å²) in [5.41, 5.74) is 3.35. The fourth-order valence-corrected chi connectivity index (χ4v) is 4.79. The number of rotatable bonds is 9. The highest BCUT2D eigenvalue weighted by Gasteiger charge is 2.40. The van der Waals surface area contributed by atoms with Crippen molar-refractivity contribution < 1.29 is 4.79 Å². The van der Waals surface area contributed by atoms with Gasteiger partial charge in [-0.1, -0.05) is 98.3 Å². The number of carbonyl (C=O) groups excluding carboxylic acids is 1. The molecule has 1 aromatic heterocycles. The molecule has 42 heavy (non-hydrogen) atoms. The van der Waals surface area contributed by atoms with Gasteiger partial charge in [0.05, 0.1) is 11.3 Å². The van der Waals surface area contributed by atoms with Gasteiger partial charge in [-0.25, -0.2) is 9.97 Å². The second kappa shape index (κ2) is 13.9. The summed E-state index contributed by atoms with van der Waals surface area (Å²) in [5.74, 6) is 7.95. The number of aromatic nitrogens is 2. The van der Waals surface area contributed by atoms with Crippen LogP contribution >= 0.6 is 23.2 Å². The maximum atomic E-state index is 14.1. The van der Waals surface area contributed by atoms with E-state index in [0.717, 1.165) is 22.4 Å². The fourth-order valence-electron chi connectivity index (χ4n) is 4.54. The number of benzene rings is 3. The van der Waals surface area contributed by atoms with Crippen molar-refractivity contribution in [2.45, 2.75) is 65.6 Å². The van der Waals surface area contributed by atoms with Crippen molar-refractivity contribution in [3.8, 4) is 11.8 Å². The van der Waals surface area contributed by atoms with Crippen LogP contribution in [-0.4, -0.2) is 21.4 Å². The molecule has 0 bridgehead atoms. The first kappa shape index (κ1) is 31.1. The number of nitrogens with one attached hydrogen (secondary N) is 1. The molecule has 0 spiro atoms. The van der Waals surface area contributed by atoms with E-state index in [9.17, 15) is 4.79 Å². The summed E-state index contributed by atoms with van der Waals surface area (Å²) in [7, 11) is 0. The van der Waals surface area contributed by atoms with Gasteiger partial charge in [-0.3, -0.25) is 4.79 Å². The molecule has 0 aliphatic rings. The summed E-state index contributed by atoms with van der Waals surface area (Å²) in [6.45, 7) is 10.9. The van der Waals surface area contributed by atoms with E-state index in [-0.39, 0.29) is 11.8 Å². The van der Waals surface area contributed by atoms with Gasteiger partial charge in [0.2, 0.25) is 5.91 Å². The molecule has 1 amide bonds. The Kier molecular flexibility index (Phi) is 10.3. The Bertz CT molecular complexity index is 1580. The average Bonchev–Trinajstić information content (AvgIpc) is 2.99. The number of hydrogen-bond donors (Lipinski definition) is 1. The predicted molar refractivity (Wildman–Crippen MR) is 173 cm³/mol.